The predicted molar refractivity (Wildman–Crippen MR) is 91.1 cm³/mol. The molecule has 1 atom stereocenters. The van der Waals surface area contributed by atoms with Gasteiger partial charge in [0.2, 0.25) is 5.91 Å². The highest BCUT2D eigenvalue weighted by Crippen LogP contribution is 2.26. The third-order valence-corrected chi connectivity index (χ3v) is 4.15. The van der Waals surface area contributed by atoms with Crippen LogP contribution in [0.5, 0.6) is 0 Å². The van der Waals surface area contributed by atoms with Gasteiger partial charge in [-0.2, -0.15) is 0 Å². The number of aryl methyl sites for hydroxylation is 1. The number of hydrogen-bond donors (Lipinski definition) is 0. The lowest BCUT2D eigenvalue weighted by Crippen LogP contribution is -2.46. The summed E-state index contributed by atoms with van der Waals surface area (Å²) in [6.45, 7) is -2.84. The molecule has 1 aliphatic rings. The third-order valence-electron chi connectivity index (χ3n) is 4.15. The number of imide groups is 1. The van der Waals surface area contributed by atoms with E-state index in [1.54, 1.807) is 14.1 Å². The van der Waals surface area contributed by atoms with Crippen LogP contribution in [0.1, 0.15) is 31.6 Å². The molecule has 0 spiro atoms. The molecule has 0 bridgehead atoms. The van der Waals surface area contributed by atoms with Crippen LogP contribution in [0.25, 0.3) is 10.9 Å². The molecule has 7 heteroatoms. The lowest BCUT2D eigenvalue weighted by atomic mass is 10.0. The molecule has 2 heterocycles. The monoisotopic (exact) mass is 333 g/mol. The van der Waals surface area contributed by atoms with Crippen LogP contribution in [0.4, 0.5) is 5.69 Å². The first-order chi connectivity index (χ1) is 13.4. The first-order valence-corrected chi connectivity index (χ1v) is 7.41. The van der Waals surface area contributed by atoms with Gasteiger partial charge in [0.25, 0.3) is 11.5 Å². The molecule has 24 heavy (non-hydrogen) atoms. The molecule has 126 valence electrons. The summed E-state index contributed by atoms with van der Waals surface area (Å²) < 4.78 is 40.5. The van der Waals surface area contributed by atoms with Crippen molar-refractivity contribution in [3.63, 3.8) is 0 Å². The SMILES string of the molecule is [2H]c1cc([2H])c2nc(C([2H])([2H])[2H])n(C3CCC(=O)N(C)C3=O)c(=O)c2c1N(C)C. The van der Waals surface area contributed by atoms with Gasteiger partial charge in [0.1, 0.15) is 11.9 Å². The summed E-state index contributed by atoms with van der Waals surface area (Å²) in [7, 11) is 4.49. The van der Waals surface area contributed by atoms with E-state index in [2.05, 4.69) is 4.98 Å². The van der Waals surface area contributed by atoms with Gasteiger partial charge in [0.15, 0.2) is 0 Å². The number of nitrogens with zero attached hydrogens (tertiary/aromatic N) is 4. The fourth-order valence-electron chi connectivity index (χ4n) is 2.88. The van der Waals surface area contributed by atoms with Crippen molar-refractivity contribution < 1.29 is 16.4 Å². The molecule has 1 saturated heterocycles. The minimum atomic E-state index is -2.84. The van der Waals surface area contributed by atoms with Crippen LogP contribution in [0.3, 0.4) is 0 Å². The molecule has 0 N–H and O–H groups in total. The average Bonchev–Trinajstić information content (AvgIpc) is 2.60. The smallest absolute Gasteiger partial charge is 0.264 e. The standard InChI is InChI=1S/C17H20N4O3/c1-10-18-11-6-5-7-12(19(2)3)15(11)17(24)21(10)13-8-9-14(22)20(4)16(13)23/h5-7,13H,8-9H2,1-4H3/i1D3,6D,7D. The van der Waals surface area contributed by atoms with Crippen LogP contribution in [0.15, 0.2) is 22.9 Å². The number of hydrogen-bond acceptors (Lipinski definition) is 5. The van der Waals surface area contributed by atoms with Crippen LogP contribution in [0, 0.1) is 6.85 Å². The normalized spacial score (nSPS) is 21.9. The van der Waals surface area contributed by atoms with Crippen molar-refractivity contribution in [3.05, 3.63) is 34.3 Å². The van der Waals surface area contributed by atoms with Crippen LogP contribution in [-0.4, -0.2) is 47.4 Å². The van der Waals surface area contributed by atoms with Gasteiger partial charge in [0.05, 0.1) is 19.3 Å². The number of benzene rings is 1. The number of carbonyl (C=O) groups is 2. The van der Waals surface area contributed by atoms with E-state index in [0.29, 0.717) is 0 Å². The third kappa shape index (κ3) is 2.36. The number of fused-ring (bicyclic) bond motifs is 1. The van der Waals surface area contributed by atoms with Crippen LogP contribution < -0.4 is 10.5 Å². The molecule has 1 aromatic heterocycles. The van der Waals surface area contributed by atoms with Gasteiger partial charge < -0.3 is 4.90 Å². The van der Waals surface area contributed by atoms with Crippen molar-refractivity contribution >= 4 is 28.4 Å². The lowest BCUT2D eigenvalue weighted by Gasteiger charge is -2.30. The second kappa shape index (κ2) is 5.74. The van der Waals surface area contributed by atoms with Gasteiger partial charge in [-0.05, 0) is 25.4 Å². The first-order valence-electron chi connectivity index (χ1n) is 9.91. The minimum absolute atomic E-state index is 0.0272. The van der Waals surface area contributed by atoms with Gasteiger partial charge in [-0.25, -0.2) is 4.98 Å². The molecule has 1 fully saturated rings. The van der Waals surface area contributed by atoms with Gasteiger partial charge in [-0.15, -0.1) is 0 Å². The Hall–Kier alpha value is -2.70. The number of aromatic nitrogens is 2. The van der Waals surface area contributed by atoms with E-state index < -0.39 is 36.1 Å². The lowest BCUT2D eigenvalue weighted by molar-refractivity contribution is -0.149. The molecular weight excluding hydrogens is 308 g/mol. The number of likely N-dealkylation sites (N-methyl/N-ethyl adjacent to an activating group) is 1. The van der Waals surface area contributed by atoms with Gasteiger partial charge in [0, 0.05) is 31.7 Å². The first kappa shape index (κ1) is 11.0. The Labute approximate surface area is 146 Å². The summed E-state index contributed by atoms with van der Waals surface area (Å²) in [5.74, 6) is -1.74. The highest BCUT2D eigenvalue weighted by Gasteiger charge is 2.34. The minimum Gasteiger partial charge on any atom is -0.377 e. The summed E-state index contributed by atoms with van der Waals surface area (Å²) in [5, 5.41) is -0.104. The van der Waals surface area contributed by atoms with Crippen LogP contribution in [-0.2, 0) is 9.59 Å². The van der Waals surface area contributed by atoms with E-state index in [4.69, 9.17) is 6.85 Å². The summed E-state index contributed by atoms with van der Waals surface area (Å²) in [6.07, 6.45) is -0.0652. The number of piperidine rings is 1. The maximum atomic E-state index is 13.5. The molecule has 3 rings (SSSR count). The van der Waals surface area contributed by atoms with Crippen molar-refractivity contribution in [2.75, 3.05) is 26.0 Å². The Morgan fingerprint density at radius 2 is 2.08 bits per heavy atom. The molecule has 7 nitrogen and oxygen atoms in total. The maximum absolute atomic E-state index is 13.5. The second-order valence-electron chi connectivity index (χ2n) is 5.86. The van der Waals surface area contributed by atoms with Crippen molar-refractivity contribution in [2.45, 2.75) is 25.7 Å². The topological polar surface area (TPSA) is 75.5 Å². The van der Waals surface area contributed by atoms with E-state index in [1.165, 1.54) is 18.0 Å². The van der Waals surface area contributed by atoms with E-state index in [0.717, 1.165) is 9.47 Å². The zero-order valence-corrected chi connectivity index (χ0v) is 13.6. The highest BCUT2D eigenvalue weighted by atomic mass is 16.2. The Kier molecular flexibility index (Phi) is 2.62. The van der Waals surface area contributed by atoms with Gasteiger partial charge >= 0.3 is 0 Å². The van der Waals surface area contributed by atoms with Gasteiger partial charge in [-0.3, -0.25) is 23.9 Å². The molecule has 1 unspecified atom stereocenters. The maximum Gasteiger partial charge on any atom is 0.264 e. The van der Waals surface area contributed by atoms with E-state index >= 15 is 0 Å². The number of rotatable bonds is 2. The van der Waals surface area contributed by atoms with Crippen molar-refractivity contribution in [3.8, 4) is 0 Å². The quantitative estimate of drug-likeness (QED) is 0.769. The highest BCUT2D eigenvalue weighted by molar-refractivity contribution is 5.99. The molecule has 0 aliphatic carbocycles. The summed E-state index contributed by atoms with van der Waals surface area (Å²) in [6, 6.07) is -0.374. The molecule has 1 aliphatic heterocycles. The number of carbonyl (C=O) groups excluding carboxylic acids is 2. The zero-order chi connectivity index (χ0) is 21.8. The summed E-state index contributed by atoms with van der Waals surface area (Å²) in [4.78, 5) is 44.5. The Bertz CT molecular complexity index is 1090. The summed E-state index contributed by atoms with van der Waals surface area (Å²) in [5.41, 5.74) is -0.801. The van der Waals surface area contributed by atoms with Crippen LogP contribution in [0.2, 0.25) is 0 Å². The van der Waals surface area contributed by atoms with E-state index in [-0.39, 0.29) is 41.5 Å². The molecule has 1 aromatic carbocycles. The fraction of sp³-hybridized carbons (Fsp3) is 0.412. The largest absolute Gasteiger partial charge is 0.377 e. The predicted octanol–water partition coefficient (Wildman–Crippen LogP) is 1.09. The zero-order valence-electron chi connectivity index (χ0n) is 18.6. The van der Waals surface area contributed by atoms with Gasteiger partial charge in [-0.1, -0.05) is 6.07 Å². The molecule has 2 amide bonds. The van der Waals surface area contributed by atoms with E-state index in [1.807, 2.05) is 0 Å². The summed E-state index contributed by atoms with van der Waals surface area (Å²) >= 11 is 0. The molecular formula is C17H20N4O3. The second-order valence-corrected chi connectivity index (χ2v) is 5.86. The number of anilines is 1. The van der Waals surface area contributed by atoms with E-state index in [9.17, 15) is 14.4 Å². The molecule has 0 saturated carbocycles. The fourth-order valence-corrected chi connectivity index (χ4v) is 2.88. The van der Waals surface area contributed by atoms with Crippen molar-refractivity contribution in [2.24, 2.45) is 0 Å². The van der Waals surface area contributed by atoms with Crippen molar-refractivity contribution in [1.82, 2.24) is 14.5 Å². The molecule has 0 radical (unpaired) electrons. The Balaban J connectivity index is 2.47. The van der Waals surface area contributed by atoms with Crippen molar-refractivity contribution in [1.29, 1.82) is 0 Å². The Morgan fingerprint density at radius 1 is 1.33 bits per heavy atom. The average molecular weight is 333 g/mol. The Morgan fingerprint density at radius 3 is 2.75 bits per heavy atom. The van der Waals surface area contributed by atoms with Crippen LogP contribution >= 0.6 is 0 Å². The number of likely N-dealkylation sites (tertiary alicyclic amines) is 1. The molecule has 2 aromatic rings. The number of amides is 2.